The molecule has 2 aromatic rings. The first-order chi connectivity index (χ1) is 9.61. The van der Waals surface area contributed by atoms with Crippen LogP contribution in [0.4, 0.5) is 8.78 Å². The lowest BCUT2D eigenvalue weighted by molar-refractivity contribution is 0.586. The van der Waals surface area contributed by atoms with Crippen molar-refractivity contribution in [1.82, 2.24) is 5.32 Å². The molecule has 0 heterocycles. The second kappa shape index (κ2) is 6.95. The summed E-state index contributed by atoms with van der Waals surface area (Å²) < 4.78 is 28.6. The Kier molecular flexibility index (Phi) is 5.26. The Labute approximate surface area is 126 Å². The van der Waals surface area contributed by atoms with Gasteiger partial charge in [-0.15, -0.1) is 0 Å². The highest BCUT2D eigenvalue weighted by molar-refractivity contribution is 9.10. The first-order valence-corrected chi connectivity index (χ1v) is 7.35. The number of benzene rings is 2. The van der Waals surface area contributed by atoms with Crippen molar-refractivity contribution < 1.29 is 8.78 Å². The molecule has 2 aromatic carbocycles. The normalized spacial score (nSPS) is 10.8. The third-order valence-electron chi connectivity index (χ3n) is 3.03. The van der Waals surface area contributed by atoms with E-state index in [0.717, 1.165) is 17.4 Å². The molecule has 0 radical (unpaired) electrons. The lowest BCUT2D eigenvalue weighted by Gasteiger charge is -2.08. The molecule has 0 aliphatic carbocycles. The standard InChI is InChI=1S/C16H16BrF2N/c1-2-7-20-10-12-4-3-11(8-16(12)19)14-9-13(17)5-6-15(14)18/h3-6,8-9,20H,2,7,10H2,1H3. The van der Waals surface area contributed by atoms with Gasteiger partial charge in [0.25, 0.3) is 0 Å². The molecule has 0 bridgehead atoms. The molecule has 0 aliphatic rings. The van der Waals surface area contributed by atoms with Crippen molar-refractivity contribution in [3.8, 4) is 11.1 Å². The maximum atomic E-state index is 14.0. The summed E-state index contributed by atoms with van der Waals surface area (Å²) in [5.41, 5.74) is 1.53. The fraction of sp³-hybridized carbons (Fsp3) is 0.250. The van der Waals surface area contributed by atoms with Gasteiger partial charge in [-0.1, -0.05) is 35.0 Å². The summed E-state index contributed by atoms with van der Waals surface area (Å²) in [7, 11) is 0. The molecule has 0 aromatic heterocycles. The zero-order valence-electron chi connectivity index (χ0n) is 11.2. The smallest absolute Gasteiger partial charge is 0.131 e. The van der Waals surface area contributed by atoms with E-state index >= 15 is 0 Å². The highest BCUT2D eigenvalue weighted by Gasteiger charge is 2.09. The summed E-state index contributed by atoms with van der Waals surface area (Å²) in [5.74, 6) is -0.671. The summed E-state index contributed by atoms with van der Waals surface area (Å²) in [6, 6.07) is 9.48. The molecule has 0 atom stereocenters. The maximum absolute atomic E-state index is 14.0. The van der Waals surface area contributed by atoms with Crippen molar-refractivity contribution in [3.05, 3.63) is 58.1 Å². The highest BCUT2D eigenvalue weighted by atomic mass is 79.9. The van der Waals surface area contributed by atoms with Crippen LogP contribution in [0.5, 0.6) is 0 Å². The van der Waals surface area contributed by atoms with E-state index in [1.807, 2.05) is 0 Å². The van der Waals surface area contributed by atoms with Crippen LogP contribution in [-0.4, -0.2) is 6.54 Å². The van der Waals surface area contributed by atoms with Gasteiger partial charge in [0.05, 0.1) is 0 Å². The van der Waals surface area contributed by atoms with Gasteiger partial charge in [-0.05, 0) is 42.8 Å². The molecule has 1 N–H and O–H groups in total. The molecule has 0 saturated carbocycles. The molecule has 0 aliphatic heterocycles. The van der Waals surface area contributed by atoms with Crippen LogP contribution < -0.4 is 5.32 Å². The number of hydrogen-bond donors (Lipinski definition) is 1. The lowest BCUT2D eigenvalue weighted by atomic mass is 10.0. The van der Waals surface area contributed by atoms with Gasteiger partial charge < -0.3 is 5.32 Å². The van der Waals surface area contributed by atoms with Crippen molar-refractivity contribution in [3.63, 3.8) is 0 Å². The first kappa shape index (κ1) is 15.1. The predicted molar refractivity (Wildman–Crippen MR) is 81.5 cm³/mol. The number of rotatable bonds is 5. The lowest BCUT2D eigenvalue weighted by Crippen LogP contribution is -2.14. The average molecular weight is 340 g/mol. The van der Waals surface area contributed by atoms with Crippen LogP contribution in [0.2, 0.25) is 0 Å². The monoisotopic (exact) mass is 339 g/mol. The minimum absolute atomic E-state index is 0.314. The van der Waals surface area contributed by atoms with E-state index in [1.54, 1.807) is 24.3 Å². The molecule has 0 unspecified atom stereocenters. The fourth-order valence-corrected chi connectivity index (χ4v) is 2.34. The Morgan fingerprint density at radius 2 is 1.85 bits per heavy atom. The molecule has 4 heteroatoms. The topological polar surface area (TPSA) is 12.0 Å². The molecule has 1 nitrogen and oxygen atoms in total. The van der Waals surface area contributed by atoms with Gasteiger partial charge in [0, 0.05) is 22.1 Å². The zero-order chi connectivity index (χ0) is 14.5. The van der Waals surface area contributed by atoms with Gasteiger partial charge in [-0.25, -0.2) is 8.78 Å². The third kappa shape index (κ3) is 3.64. The van der Waals surface area contributed by atoms with Crippen molar-refractivity contribution in [1.29, 1.82) is 0 Å². The fourth-order valence-electron chi connectivity index (χ4n) is 1.98. The Morgan fingerprint density at radius 1 is 1.05 bits per heavy atom. The van der Waals surface area contributed by atoms with Crippen molar-refractivity contribution in [2.45, 2.75) is 19.9 Å². The summed E-state index contributed by atoms with van der Waals surface area (Å²) in [4.78, 5) is 0. The van der Waals surface area contributed by atoms with E-state index in [-0.39, 0.29) is 11.6 Å². The summed E-state index contributed by atoms with van der Waals surface area (Å²) in [5, 5.41) is 3.15. The first-order valence-electron chi connectivity index (χ1n) is 6.56. The van der Waals surface area contributed by atoms with Crippen LogP contribution in [0.15, 0.2) is 40.9 Å². The Hall–Kier alpha value is -1.26. The van der Waals surface area contributed by atoms with Crippen molar-refractivity contribution in [2.75, 3.05) is 6.54 Å². The predicted octanol–water partition coefficient (Wildman–Crippen LogP) is 4.89. The maximum Gasteiger partial charge on any atom is 0.131 e. The van der Waals surface area contributed by atoms with E-state index in [0.29, 0.717) is 23.2 Å². The van der Waals surface area contributed by atoms with Crippen molar-refractivity contribution >= 4 is 15.9 Å². The Balaban J connectivity index is 2.26. The average Bonchev–Trinajstić information content (AvgIpc) is 2.43. The molecular formula is C16H16BrF2N. The SMILES string of the molecule is CCCNCc1ccc(-c2cc(Br)ccc2F)cc1F. The summed E-state index contributed by atoms with van der Waals surface area (Å²) in [6.45, 7) is 3.39. The minimum atomic E-state index is -0.357. The third-order valence-corrected chi connectivity index (χ3v) is 3.53. The second-order valence-electron chi connectivity index (χ2n) is 4.61. The van der Waals surface area contributed by atoms with Crippen LogP contribution in [0, 0.1) is 11.6 Å². The van der Waals surface area contributed by atoms with Gasteiger partial charge in [0.15, 0.2) is 0 Å². The van der Waals surface area contributed by atoms with E-state index in [4.69, 9.17) is 0 Å². The zero-order valence-corrected chi connectivity index (χ0v) is 12.8. The molecule has 0 fully saturated rings. The van der Waals surface area contributed by atoms with Gasteiger partial charge in [-0.3, -0.25) is 0 Å². The molecule has 0 saturated heterocycles. The van der Waals surface area contributed by atoms with Gasteiger partial charge in [0.1, 0.15) is 11.6 Å². The Bertz CT molecular complexity index is 599. The molecule has 106 valence electrons. The summed E-state index contributed by atoms with van der Waals surface area (Å²) >= 11 is 3.30. The van der Waals surface area contributed by atoms with Gasteiger partial charge >= 0.3 is 0 Å². The molecule has 2 rings (SSSR count). The van der Waals surface area contributed by atoms with Crippen LogP contribution in [0.1, 0.15) is 18.9 Å². The molecule has 20 heavy (non-hydrogen) atoms. The Morgan fingerprint density at radius 3 is 2.55 bits per heavy atom. The van der Waals surface area contributed by atoms with Crippen LogP contribution >= 0.6 is 15.9 Å². The van der Waals surface area contributed by atoms with Crippen LogP contribution in [0.3, 0.4) is 0 Å². The largest absolute Gasteiger partial charge is 0.313 e. The van der Waals surface area contributed by atoms with E-state index < -0.39 is 0 Å². The molecule has 0 amide bonds. The highest BCUT2D eigenvalue weighted by Crippen LogP contribution is 2.27. The number of hydrogen-bond acceptors (Lipinski definition) is 1. The van der Waals surface area contributed by atoms with E-state index in [9.17, 15) is 8.78 Å². The van der Waals surface area contributed by atoms with Crippen molar-refractivity contribution in [2.24, 2.45) is 0 Å². The van der Waals surface area contributed by atoms with Gasteiger partial charge in [-0.2, -0.15) is 0 Å². The van der Waals surface area contributed by atoms with Crippen LogP contribution in [0.25, 0.3) is 11.1 Å². The van der Waals surface area contributed by atoms with E-state index in [2.05, 4.69) is 28.2 Å². The van der Waals surface area contributed by atoms with E-state index in [1.165, 1.54) is 12.1 Å². The summed E-state index contributed by atoms with van der Waals surface area (Å²) in [6.07, 6.45) is 1.00. The van der Waals surface area contributed by atoms with Gasteiger partial charge in [0.2, 0.25) is 0 Å². The molecule has 0 spiro atoms. The van der Waals surface area contributed by atoms with Crippen LogP contribution in [-0.2, 0) is 6.54 Å². The number of nitrogens with one attached hydrogen (secondary N) is 1. The quantitative estimate of drug-likeness (QED) is 0.764. The molecular weight excluding hydrogens is 324 g/mol. The number of halogens is 3. The second-order valence-corrected chi connectivity index (χ2v) is 5.52. The minimum Gasteiger partial charge on any atom is -0.313 e.